The number of thiazole rings is 1. The van der Waals surface area contributed by atoms with Crippen LogP contribution in [0.4, 0.5) is 4.79 Å². The highest BCUT2D eigenvalue weighted by atomic mass is 32.1. The maximum atomic E-state index is 13.5. The van der Waals surface area contributed by atoms with Gasteiger partial charge in [0.2, 0.25) is 5.91 Å². The van der Waals surface area contributed by atoms with Crippen molar-refractivity contribution in [3.8, 4) is 0 Å². The highest BCUT2D eigenvalue weighted by molar-refractivity contribution is 7.09. The minimum absolute atomic E-state index is 0.0176. The van der Waals surface area contributed by atoms with Crippen molar-refractivity contribution in [2.75, 3.05) is 26.2 Å². The topological polar surface area (TPSA) is 62.7 Å². The average molecular weight is 400 g/mol. The summed E-state index contributed by atoms with van der Waals surface area (Å²) in [6.07, 6.45) is 4.71. The van der Waals surface area contributed by atoms with Gasteiger partial charge in [-0.25, -0.2) is 9.78 Å². The van der Waals surface area contributed by atoms with Crippen LogP contribution in [-0.4, -0.2) is 59.1 Å². The van der Waals surface area contributed by atoms with E-state index in [9.17, 15) is 9.59 Å². The Morgan fingerprint density at radius 1 is 1.25 bits per heavy atom. The molecule has 2 atom stereocenters. The van der Waals surface area contributed by atoms with Gasteiger partial charge in [-0.3, -0.25) is 9.69 Å². The van der Waals surface area contributed by atoms with E-state index in [0.717, 1.165) is 36.4 Å². The Bertz CT molecular complexity index is 796. The van der Waals surface area contributed by atoms with Gasteiger partial charge in [-0.15, -0.1) is 11.3 Å². The van der Waals surface area contributed by atoms with Crippen LogP contribution in [0.1, 0.15) is 35.8 Å². The van der Waals surface area contributed by atoms with Crippen LogP contribution in [0.25, 0.3) is 0 Å². The van der Waals surface area contributed by atoms with Crippen LogP contribution in [-0.2, 0) is 16.0 Å². The third-order valence-electron chi connectivity index (χ3n) is 5.47. The van der Waals surface area contributed by atoms with Crippen molar-refractivity contribution in [3.05, 3.63) is 52.5 Å². The van der Waals surface area contributed by atoms with Crippen LogP contribution in [0, 0.1) is 0 Å². The molecule has 4 rings (SSSR count). The lowest BCUT2D eigenvalue weighted by Gasteiger charge is -2.39. The molecule has 0 N–H and O–H groups in total. The van der Waals surface area contributed by atoms with Crippen LogP contribution < -0.4 is 0 Å². The molecule has 148 valence electrons. The Morgan fingerprint density at radius 2 is 2.11 bits per heavy atom. The van der Waals surface area contributed by atoms with E-state index in [1.165, 1.54) is 0 Å². The normalized spacial score (nSPS) is 21.3. The van der Waals surface area contributed by atoms with Gasteiger partial charge in [0.1, 0.15) is 6.04 Å². The second kappa shape index (κ2) is 8.73. The number of benzene rings is 1. The molecule has 28 heavy (non-hydrogen) atoms. The fourth-order valence-electron chi connectivity index (χ4n) is 4.05. The molecule has 0 saturated carbocycles. The van der Waals surface area contributed by atoms with E-state index >= 15 is 0 Å². The number of carbonyl (C=O) groups is 2. The molecule has 0 aliphatic carbocycles. The molecule has 2 aromatic rings. The first-order chi connectivity index (χ1) is 13.7. The lowest BCUT2D eigenvalue weighted by Crippen LogP contribution is -2.55. The predicted octanol–water partition coefficient (Wildman–Crippen LogP) is 3.30. The van der Waals surface area contributed by atoms with E-state index < -0.39 is 6.04 Å². The van der Waals surface area contributed by atoms with Gasteiger partial charge >= 0.3 is 6.09 Å². The van der Waals surface area contributed by atoms with Crippen molar-refractivity contribution in [1.29, 1.82) is 0 Å². The number of nitrogens with zero attached hydrogens (tertiary/aromatic N) is 3. The van der Waals surface area contributed by atoms with Crippen molar-refractivity contribution in [2.24, 2.45) is 0 Å². The van der Waals surface area contributed by atoms with E-state index in [4.69, 9.17) is 4.74 Å². The van der Waals surface area contributed by atoms with Gasteiger partial charge in [-0.1, -0.05) is 30.3 Å². The number of hydrogen-bond donors (Lipinski definition) is 0. The first-order valence-electron chi connectivity index (χ1n) is 9.88. The molecule has 0 unspecified atom stereocenters. The fourth-order valence-corrected chi connectivity index (χ4v) is 4.81. The Balaban J connectivity index is 1.54. The molecule has 2 amide bonds. The Kier molecular flexibility index (Phi) is 5.90. The van der Waals surface area contributed by atoms with Crippen molar-refractivity contribution in [2.45, 2.75) is 37.6 Å². The molecular weight excluding hydrogens is 374 g/mol. The zero-order valence-electron chi connectivity index (χ0n) is 15.8. The first-order valence-corrected chi connectivity index (χ1v) is 10.8. The minimum Gasteiger partial charge on any atom is -0.449 e. The average Bonchev–Trinajstić information content (AvgIpc) is 3.28. The van der Waals surface area contributed by atoms with E-state index in [-0.39, 0.29) is 17.9 Å². The zero-order chi connectivity index (χ0) is 19.3. The summed E-state index contributed by atoms with van der Waals surface area (Å²) in [4.78, 5) is 33.9. The summed E-state index contributed by atoms with van der Waals surface area (Å²) in [5.74, 6) is 0.298. The van der Waals surface area contributed by atoms with E-state index in [1.54, 1.807) is 16.2 Å². The molecule has 0 bridgehead atoms. The third-order valence-corrected chi connectivity index (χ3v) is 6.41. The molecule has 3 heterocycles. The van der Waals surface area contributed by atoms with Crippen molar-refractivity contribution in [3.63, 3.8) is 0 Å². The molecule has 2 aliphatic heterocycles. The van der Waals surface area contributed by atoms with Gasteiger partial charge in [0.05, 0.1) is 11.6 Å². The molecular formula is C21H25N3O3S. The number of ether oxygens (including phenoxy) is 1. The number of rotatable bonds is 5. The number of piperidine rings is 1. The summed E-state index contributed by atoms with van der Waals surface area (Å²) in [6, 6.07) is 9.37. The summed E-state index contributed by atoms with van der Waals surface area (Å²) in [6.45, 7) is 2.39. The number of likely N-dealkylation sites (tertiary alicyclic amines) is 1. The summed E-state index contributed by atoms with van der Waals surface area (Å²) < 4.78 is 5.23. The van der Waals surface area contributed by atoms with Crippen LogP contribution in [0.15, 0.2) is 41.9 Å². The minimum atomic E-state index is -0.523. The SMILES string of the molecule is O=C([C@@H](Cc1ccccc1)N1CCCOC1=O)N1CCC[C@H](c2nccs2)C1. The quantitative estimate of drug-likeness (QED) is 0.774. The molecule has 7 heteroatoms. The van der Waals surface area contributed by atoms with Crippen LogP contribution >= 0.6 is 11.3 Å². The highest BCUT2D eigenvalue weighted by Crippen LogP contribution is 2.29. The number of cyclic esters (lactones) is 1. The number of hydrogen-bond acceptors (Lipinski definition) is 5. The molecule has 0 spiro atoms. The van der Waals surface area contributed by atoms with Gasteiger partial charge in [-0.05, 0) is 24.8 Å². The monoisotopic (exact) mass is 399 g/mol. The lowest BCUT2D eigenvalue weighted by atomic mass is 9.96. The van der Waals surface area contributed by atoms with Crippen LogP contribution in [0.5, 0.6) is 0 Å². The van der Waals surface area contributed by atoms with Crippen molar-refractivity contribution >= 4 is 23.3 Å². The number of carbonyl (C=O) groups excluding carboxylic acids is 2. The van der Waals surface area contributed by atoms with Crippen molar-refractivity contribution < 1.29 is 14.3 Å². The summed E-state index contributed by atoms with van der Waals surface area (Å²) in [5, 5.41) is 3.08. The summed E-state index contributed by atoms with van der Waals surface area (Å²) >= 11 is 1.65. The van der Waals surface area contributed by atoms with Crippen LogP contribution in [0.3, 0.4) is 0 Å². The van der Waals surface area contributed by atoms with Gasteiger partial charge in [0, 0.05) is 43.5 Å². The third kappa shape index (κ3) is 4.19. The first kappa shape index (κ1) is 18.9. The second-order valence-electron chi connectivity index (χ2n) is 7.36. The summed E-state index contributed by atoms with van der Waals surface area (Å²) in [7, 11) is 0. The van der Waals surface area contributed by atoms with Crippen molar-refractivity contribution in [1.82, 2.24) is 14.8 Å². The maximum Gasteiger partial charge on any atom is 0.410 e. The highest BCUT2D eigenvalue weighted by Gasteiger charge is 2.37. The van der Waals surface area contributed by atoms with E-state index in [2.05, 4.69) is 4.98 Å². The molecule has 1 aromatic carbocycles. The van der Waals surface area contributed by atoms with E-state index in [0.29, 0.717) is 26.1 Å². The number of amides is 2. The molecule has 2 saturated heterocycles. The largest absolute Gasteiger partial charge is 0.449 e. The fraction of sp³-hybridized carbons (Fsp3) is 0.476. The lowest BCUT2D eigenvalue weighted by molar-refractivity contribution is -0.138. The van der Waals surface area contributed by atoms with Gasteiger partial charge in [-0.2, -0.15) is 0 Å². The molecule has 0 radical (unpaired) electrons. The summed E-state index contributed by atoms with van der Waals surface area (Å²) in [5.41, 5.74) is 1.05. The predicted molar refractivity (Wildman–Crippen MR) is 107 cm³/mol. The number of aromatic nitrogens is 1. The molecule has 2 fully saturated rings. The van der Waals surface area contributed by atoms with Gasteiger partial charge in [0.15, 0.2) is 0 Å². The molecule has 6 nitrogen and oxygen atoms in total. The van der Waals surface area contributed by atoms with Gasteiger partial charge in [0.25, 0.3) is 0 Å². The Morgan fingerprint density at radius 3 is 2.86 bits per heavy atom. The Hall–Kier alpha value is -2.41. The second-order valence-corrected chi connectivity index (χ2v) is 8.29. The van der Waals surface area contributed by atoms with Gasteiger partial charge < -0.3 is 9.64 Å². The smallest absolute Gasteiger partial charge is 0.410 e. The van der Waals surface area contributed by atoms with Crippen LogP contribution in [0.2, 0.25) is 0 Å². The van der Waals surface area contributed by atoms with E-state index in [1.807, 2.05) is 46.8 Å². The molecule has 1 aromatic heterocycles. The standard InChI is InChI=1S/C21H25N3O3S/c25-20(23-10-4-8-17(15-23)19-22-9-13-28-19)18(14-16-6-2-1-3-7-16)24-11-5-12-27-21(24)26/h1-3,6-7,9,13,17-18H,4-5,8,10-12,14-15H2/t17-,18+/m0/s1. The Labute approximate surface area is 169 Å². The zero-order valence-corrected chi connectivity index (χ0v) is 16.6. The molecule has 2 aliphatic rings. The maximum absolute atomic E-state index is 13.5.